The number of thiazole rings is 1. The molecule has 3 rings (SSSR count). The normalized spacial score (nSPS) is 15.7. The summed E-state index contributed by atoms with van der Waals surface area (Å²) in [5.41, 5.74) is 1.25. The van der Waals surface area contributed by atoms with Crippen molar-refractivity contribution in [3.8, 4) is 11.3 Å². The fraction of sp³-hybridized carbons (Fsp3) is 0.444. The van der Waals surface area contributed by atoms with E-state index in [0.717, 1.165) is 29.5 Å². The fourth-order valence-corrected chi connectivity index (χ4v) is 3.65. The molecule has 1 fully saturated rings. The van der Waals surface area contributed by atoms with E-state index in [0.29, 0.717) is 13.1 Å². The summed E-state index contributed by atoms with van der Waals surface area (Å²) >= 11 is 1.56. The number of aromatic nitrogens is 1. The van der Waals surface area contributed by atoms with Crippen LogP contribution in [0.2, 0.25) is 0 Å². The molecule has 0 bridgehead atoms. The quantitative estimate of drug-likeness (QED) is 0.832. The van der Waals surface area contributed by atoms with Crippen molar-refractivity contribution in [3.63, 3.8) is 0 Å². The molecule has 1 saturated heterocycles. The number of amides is 1. The Morgan fingerprint density at radius 3 is 2.54 bits per heavy atom. The van der Waals surface area contributed by atoms with Crippen molar-refractivity contribution in [2.45, 2.75) is 20.8 Å². The molecule has 1 aliphatic rings. The molecule has 0 saturated carbocycles. The lowest BCUT2D eigenvalue weighted by molar-refractivity contribution is -0.139. The molecular weight excluding hydrogens is 325 g/mol. The number of rotatable bonds is 2. The van der Waals surface area contributed by atoms with E-state index >= 15 is 0 Å². The second-order valence-corrected chi connectivity index (χ2v) is 7.89. The van der Waals surface area contributed by atoms with Crippen LogP contribution in [-0.4, -0.2) is 42.0 Å². The molecule has 6 heteroatoms. The van der Waals surface area contributed by atoms with E-state index in [9.17, 15) is 9.18 Å². The lowest BCUT2D eigenvalue weighted by atomic mass is 9.94. The molecule has 1 aromatic carbocycles. The molecule has 2 aromatic rings. The number of carbonyl (C=O) groups excluding carboxylic acids is 1. The average molecular weight is 347 g/mol. The van der Waals surface area contributed by atoms with E-state index in [1.807, 2.05) is 37.1 Å². The molecule has 4 nitrogen and oxygen atoms in total. The van der Waals surface area contributed by atoms with Crippen molar-refractivity contribution >= 4 is 22.4 Å². The zero-order valence-electron chi connectivity index (χ0n) is 14.3. The van der Waals surface area contributed by atoms with Crippen molar-refractivity contribution in [2.75, 3.05) is 31.1 Å². The van der Waals surface area contributed by atoms with Gasteiger partial charge in [0.25, 0.3) is 0 Å². The molecule has 2 heterocycles. The highest BCUT2D eigenvalue weighted by atomic mass is 32.1. The first-order valence-electron chi connectivity index (χ1n) is 8.10. The van der Waals surface area contributed by atoms with Crippen LogP contribution >= 0.6 is 11.3 Å². The Kier molecular flexibility index (Phi) is 4.58. The third-order valence-corrected chi connectivity index (χ3v) is 4.99. The van der Waals surface area contributed by atoms with Gasteiger partial charge in [-0.3, -0.25) is 4.79 Å². The van der Waals surface area contributed by atoms with Crippen LogP contribution in [0.1, 0.15) is 20.8 Å². The number of anilines is 1. The summed E-state index contributed by atoms with van der Waals surface area (Å²) < 4.78 is 13.4. The molecule has 0 radical (unpaired) electrons. The minimum Gasteiger partial charge on any atom is -0.345 e. The first-order valence-corrected chi connectivity index (χ1v) is 8.98. The summed E-state index contributed by atoms with van der Waals surface area (Å²) in [4.78, 5) is 21.1. The molecule has 0 N–H and O–H groups in total. The standard InChI is InChI=1S/C18H22FN3OS/c1-18(2,3)16(23)21-7-9-22(10-8-21)17-20-15(12-24-17)13-5-4-6-14(19)11-13/h4-6,11-12H,7-10H2,1-3H3. The summed E-state index contributed by atoms with van der Waals surface area (Å²) in [6, 6.07) is 6.49. The van der Waals surface area contributed by atoms with Gasteiger partial charge < -0.3 is 9.80 Å². The predicted molar refractivity (Wildman–Crippen MR) is 95.8 cm³/mol. The van der Waals surface area contributed by atoms with Crippen LogP contribution in [0.15, 0.2) is 29.6 Å². The monoisotopic (exact) mass is 347 g/mol. The van der Waals surface area contributed by atoms with Gasteiger partial charge in [0.05, 0.1) is 5.69 Å². The van der Waals surface area contributed by atoms with Gasteiger partial charge in [-0.25, -0.2) is 9.37 Å². The number of carbonyl (C=O) groups is 1. The smallest absolute Gasteiger partial charge is 0.228 e. The van der Waals surface area contributed by atoms with Gasteiger partial charge in [-0.15, -0.1) is 11.3 Å². The van der Waals surface area contributed by atoms with E-state index in [1.54, 1.807) is 17.4 Å². The maximum atomic E-state index is 13.4. The summed E-state index contributed by atoms with van der Waals surface area (Å²) in [5, 5.41) is 2.88. The van der Waals surface area contributed by atoms with Gasteiger partial charge in [-0.2, -0.15) is 0 Å². The van der Waals surface area contributed by atoms with Crippen molar-refractivity contribution in [2.24, 2.45) is 5.41 Å². The molecule has 128 valence electrons. The lowest BCUT2D eigenvalue weighted by Gasteiger charge is -2.37. The second-order valence-electron chi connectivity index (χ2n) is 7.05. The minimum atomic E-state index is -0.339. The average Bonchev–Trinajstić information content (AvgIpc) is 3.03. The van der Waals surface area contributed by atoms with Gasteiger partial charge in [-0.1, -0.05) is 32.9 Å². The van der Waals surface area contributed by atoms with Crippen molar-refractivity contribution in [1.29, 1.82) is 0 Å². The molecule has 24 heavy (non-hydrogen) atoms. The summed E-state index contributed by atoms with van der Waals surface area (Å²) in [6.45, 7) is 8.83. The van der Waals surface area contributed by atoms with Gasteiger partial charge in [0.15, 0.2) is 5.13 Å². The summed E-state index contributed by atoms with van der Waals surface area (Å²) in [5.74, 6) is -0.0573. The maximum absolute atomic E-state index is 13.4. The number of benzene rings is 1. The maximum Gasteiger partial charge on any atom is 0.228 e. The van der Waals surface area contributed by atoms with Crippen molar-refractivity contribution in [1.82, 2.24) is 9.88 Å². The molecule has 0 unspecified atom stereocenters. The molecule has 0 atom stereocenters. The fourth-order valence-electron chi connectivity index (χ4n) is 2.77. The first kappa shape index (κ1) is 16.9. The number of nitrogens with zero attached hydrogens (tertiary/aromatic N) is 3. The van der Waals surface area contributed by atoms with E-state index in [4.69, 9.17) is 0 Å². The SMILES string of the molecule is CC(C)(C)C(=O)N1CCN(c2nc(-c3cccc(F)c3)cs2)CC1. The van der Waals surface area contributed by atoms with Crippen LogP contribution in [0.3, 0.4) is 0 Å². The van der Waals surface area contributed by atoms with Gasteiger partial charge in [-0.05, 0) is 12.1 Å². The first-order chi connectivity index (χ1) is 11.3. The largest absolute Gasteiger partial charge is 0.345 e. The lowest BCUT2D eigenvalue weighted by Crippen LogP contribution is -2.51. The Balaban J connectivity index is 1.67. The van der Waals surface area contributed by atoms with E-state index in [-0.39, 0.29) is 17.1 Å². The number of hydrogen-bond donors (Lipinski definition) is 0. The zero-order valence-corrected chi connectivity index (χ0v) is 15.1. The predicted octanol–water partition coefficient (Wildman–Crippen LogP) is 3.64. The topological polar surface area (TPSA) is 36.4 Å². The van der Waals surface area contributed by atoms with Crippen LogP contribution in [0, 0.1) is 11.2 Å². The van der Waals surface area contributed by atoms with Crippen molar-refractivity contribution < 1.29 is 9.18 Å². The van der Waals surface area contributed by atoms with Crippen LogP contribution in [0.5, 0.6) is 0 Å². The summed E-state index contributed by atoms with van der Waals surface area (Å²) in [7, 11) is 0. The van der Waals surface area contributed by atoms with Crippen molar-refractivity contribution in [3.05, 3.63) is 35.5 Å². The van der Waals surface area contributed by atoms with Crippen LogP contribution < -0.4 is 4.90 Å². The summed E-state index contributed by atoms with van der Waals surface area (Å²) in [6.07, 6.45) is 0. The van der Waals surface area contributed by atoms with Crippen LogP contribution in [-0.2, 0) is 4.79 Å². The van der Waals surface area contributed by atoms with E-state index in [2.05, 4.69) is 9.88 Å². The highest BCUT2D eigenvalue weighted by Gasteiger charge is 2.30. The van der Waals surface area contributed by atoms with Gasteiger partial charge >= 0.3 is 0 Å². The Morgan fingerprint density at radius 1 is 1.21 bits per heavy atom. The Morgan fingerprint density at radius 2 is 1.92 bits per heavy atom. The third-order valence-electron chi connectivity index (χ3n) is 4.09. The Bertz CT molecular complexity index is 730. The molecule has 0 spiro atoms. The van der Waals surface area contributed by atoms with E-state index < -0.39 is 0 Å². The van der Waals surface area contributed by atoms with Crippen LogP contribution in [0.25, 0.3) is 11.3 Å². The Hall–Kier alpha value is -1.95. The van der Waals surface area contributed by atoms with Crippen LogP contribution in [0.4, 0.5) is 9.52 Å². The number of halogens is 1. The molecule has 1 aromatic heterocycles. The highest BCUT2D eigenvalue weighted by Crippen LogP contribution is 2.29. The highest BCUT2D eigenvalue weighted by molar-refractivity contribution is 7.14. The molecule has 1 aliphatic heterocycles. The third kappa shape index (κ3) is 3.59. The van der Waals surface area contributed by atoms with E-state index in [1.165, 1.54) is 12.1 Å². The number of hydrogen-bond acceptors (Lipinski definition) is 4. The molecule has 1 amide bonds. The van der Waals surface area contributed by atoms with Gasteiger partial charge in [0, 0.05) is 42.5 Å². The van der Waals surface area contributed by atoms with Gasteiger partial charge in [0.1, 0.15) is 5.82 Å². The second kappa shape index (κ2) is 6.51. The zero-order chi connectivity index (χ0) is 17.3. The van der Waals surface area contributed by atoms with Gasteiger partial charge in [0.2, 0.25) is 5.91 Å². The Labute approximate surface area is 145 Å². The molecule has 0 aliphatic carbocycles. The molecular formula is C18H22FN3OS. The number of piperazine rings is 1. The minimum absolute atomic E-state index is 0.196.